The number of aryl methyl sites for hydroxylation is 2. The Kier molecular flexibility index (Phi) is 4.41. The number of benzene rings is 1. The van der Waals surface area contributed by atoms with Crippen LogP contribution in [0.15, 0.2) is 41.9 Å². The summed E-state index contributed by atoms with van der Waals surface area (Å²) in [6.07, 6.45) is 4.15. The van der Waals surface area contributed by atoms with Crippen molar-refractivity contribution in [1.29, 1.82) is 0 Å². The molecular weight excluding hydrogens is 342 g/mol. The van der Waals surface area contributed by atoms with E-state index in [4.69, 9.17) is 0 Å². The van der Waals surface area contributed by atoms with Crippen LogP contribution in [0.1, 0.15) is 51.8 Å². The maximum absolute atomic E-state index is 13.0. The summed E-state index contributed by atoms with van der Waals surface area (Å²) in [7, 11) is 0. The summed E-state index contributed by atoms with van der Waals surface area (Å²) in [6, 6.07) is 10.6. The van der Waals surface area contributed by atoms with E-state index in [1.54, 1.807) is 17.5 Å². The summed E-state index contributed by atoms with van der Waals surface area (Å²) in [4.78, 5) is 17.4. The highest BCUT2D eigenvalue weighted by molar-refractivity contribution is 7.12. The highest BCUT2D eigenvalue weighted by Gasteiger charge is 2.34. The number of rotatable bonds is 5. The third kappa shape index (κ3) is 3.19. The molecule has 1 aliphatic carbocycles. The van der Waals surface area contributed by atoms with Crippen LogP contribution in [0.5, 0.6) is 0 Å². The minimum Gasteiger partial charge on any atom is -0.345 e. The van der Waals surface area contributed by atoms with Gasteiger partial charge in [0.1, 0.15) is 0 Å². The molecule has 1 N–H and O–H groups in total. The third-order valence-corrected chi connectivity index (χ3v) is 5.86. The zero-order valence-corrected chi connectivity index (χ0v) is 16.1. The number of nitrogens with one attached hydrogen (secondary N) is 1. The summed E-state index contributed by atoms with van der Waals surface area (Å²) in [5.74, 6) is 0.544. The van der Waals surface area contributed by atoms with Crippen molar-refractivity contribution in [2.45, 2.75) is 39.7 Å². The fraction of sp³-hybridized carbons (Fsp3) is 0.333. The zero-order chi connectivity index (χ0) is 18.3. The summed E-state index contributed by atoms with van der Waals surface area (Å²) in [6.45, 7) is 6.09. The summed E-state index contributed by atoms with van der Waals surface area (Å²) in [5.41, 5.74) is 5.13. The predicted molar refractivity (Wildman–Crippen MR) is 105 cm³/mol. The van der Waals surface area contributed by atoms with Gasteiger partial charge in [-0.15, -0.1) is 11.3 Å². The lowest BCUT2D eigenvalue weighted by molar-refractivity contribution is 0.0931. The molecule has 3 aromatic rings. The lowest BCUT2D eigenvalue weighted by atomic mass is 10.0. The number of carbonyl (C=O) groups excluding carboxylic acids is 1. The van der Waals surface area contributed by atoms with Crippen LogP contribution in [0, 0.1) is 26.7 Å². The minimum absolute atomic E-state index is 0.00150. The first-order valence-electron chi connectivity index (χ1n) is 9.01. The predicted octanol–water partition coefficient (Wildman–Crippen LogP) is 4.74. The quantitative estimate of drug-likeness (QED) is 0.710. The van der Waals surface area contributed by atoms with Gasteiger partial charge in [0.15, 0.2) is 5.13 Å². The SMILES string of the molecule is Cc1ccc(C(NC(=O)c2cc(C)n(-c3nccs3)c2C)C2CC2)cc1. The Labute approximate surface area is 157 Å². The molecule has 1 saturated carbocycles. The van der Waals surface area contributed by atoms with Gasteiger partial charge in [-0.2, -0.15) is 0 Å². The summed E-state index contributed by atoms with van der Waals surface area (Å²) in [5, 5.41) is 6.14. The standard InChI is InChI=1S/C21H23N3OS/c1-13-4-6-16(7-5-13)19(17-8-9-17)23-20(25)18-12-14(2)24(15(18)3)21-22-10-11-26-21/h4-7,10-12,17,19H,8-9H2,1-3H3,(H,23,25). The topological polar surface area (TPSA) is 46.9 Å². The number of aromatic nitrogens is 2. The second kappa shape index (κ2) is 6.72. The van der Waals surface area contributed by atoms with Crippen LogP contribution in [0.3, 0.4) is 0 Å². The number of amides is 1. The van der Waals surface area contributed by atoms with Crippen LogP contribution in [-0.2, 0) is 0 Å². The van der Waals surface area contributed by atoms with Crippen molar-refractivity contribution in [2.75, 3.05) is 0 Å². The molecule has 134 valence electrons. The molecule has 1 aliphatic rings. The second-order valence-corrected chi connectivity index (χ2v) is 8.01. The van der Waals surface area contributed by atoms with E-state index >= 15 is 0 Å². The molecule has 5 heteroatoms. The largest absolute Gasteiger partial charge is 0.345 e. The lowest BCUT2D eigenvalue weighted by Gasteiger charge is -2.19. The van der Waals surface area contributed by atoms with Gasteiger partial charge >= 0.3 is 0 Å². The lowest BCUT2D eigenvalue weighted by Crippen LogP contribution is -2.30. The van der Waals surface area contributed by atoms with Crippen molar-refractivity contribution < 1.29 is 4.79 Å². The van der Waals surface area contributed by atoms with Crippen LogP contribution in [0.25, 0.3) is 5.13 Å². The van der Waals surface area contributed by atoms with Crippen molar-refractivity contribution >= 4 is 17.2 Å². The number of hydrogen-bond donors (Lipinski definition) is 1. The molecule has 1 aromatic carbocycles. The first-order chi connectivity index (χ1) is 12.5. The summed E-state index contributed by atoms with van der Waals surface area (Å²) < 4.78 is 2.05. The van der Waals surface area contributed by atoms with Gasteiger partial charge in [-0.05, 0) is 51.2 Å². The van der Waals surface area contributed by atoms with E-state index < -0.39 is 0 Å². The zero-order valence-electron chi connectivity index (χ0n) is 15.3. The molecule has 1 unspecified atom stereocenters. The van der Waals surface area contributed by atoms with E-state index in [-0.39, 0.29) is 11.9 Å². The molecule has 0 spiro atoms. The number of carbonyl (C=O) groups is 1. The first kappa shape index (κ1) is 17.0. The van der Waals surface area contributed by atoms with E-state index in [1.807, 2.05) is 25.3 Å². The third-order valence-electron chi connectivity index (χ3n) is 5.10. The van der Waals surface area contributed by atoms with E-state index in [2.05, 4.69) is 46.1 Å². The molecule has 1 fully saturated rings. The molecule has 4 nitrogen and oxygen atoms in total. The second-order valence-electron chi connectivity index (χ2n) is 7.13. The summed E-state index contributed by atoms with van der Waals surface area (Å²) >= 11 is 1.58. The van der Waals surface area contributed by atoms with E-state index in [0.29, 0.717) is 5.92 Å². The van der Waals surface area contributed by atoms with Gasteiger partial charge in [0.25, 0.3) is 5.91 Å². The van der Waals surface area contributed by atoms with E-state index in [9.17, 15) is 4.79 Å². The smallest absolute Gasteiger partial charge is 0.253 e. The Morgan fingerprint density at radius 1 is 1.23 bits per heavy atom. The van der Waals surface area contributed by atoms with Crippen molar-refractivity contribution in [3.63, 3.8) is 0 Å². The Bertz CT molecular complexity index is 921. The number of nitrogens with zero attached hydrogens (tertiary/aromatic N) is 2. The van der Waals surface area contributed by atoms with Gasteiger partial charge in [0.05, 0.1) is 11.6 Å². The Hall–Kier alpha value is -2.40. The van der Waals surface area contributed by atoms with Crippen LogP contribution in [-0.4, -0.2) is 15.5 Å². The number of hydrogen-bond acceptors (Lipinski definition) is 3. The van der Waals surface area contributed by atoms with Gasteiger partial charge in [0.2, 0.25) is 0 Å². The van der Waals surface area contributed by atoms with Crippen LogP contribution >= 0.6 is 11.3 Å². The molecule has 0 saturated heterocycles. The molecule has 26 heavy (non-hydrogen) atoms. The normalized spacial score (nSPS) is 15.0. The average molecular weight is 366 g/mol. The van der Waals surface area contributed by atoms with Crippen LogP contribution < -0.4 is 5.32 Å². The molecule has 2 heterocycles. The Morgan fingerprint density at radius 3 is 2.58 bits per heavy atom. The molecular formula is C21H23N3OS. The fourth-order valence-electron chi connectivity index (χ4n) is 3.51. The fourth-order valence-corrected chi connectivity index (χ4v) is 4.26. The Morgan fingerprint density at radius 2 is 1.96 bits per heavy atom. The molecule has 0 aliphatic heterocycles. The maximum atomic E-state index is 13.0. The molecule has 1 atom stereocenters. The molecule has 2 aromatic heterocycles. The minimum atomic E-state index is -0.00150. The van der Waals surface area contributed by atoms with Gasteiger partial charge in [0, 0.05) is 23.0 Å². The van der Waals surface area contributed by atoms with Crippen molar-refractivity contribution in [2.24, 2.45) is 5.92 Å². The first-order valence-corrected chi connectivity index (χ1v) is 9.89. The average Bonchev–Trinajstić information content (AvgIpc) is 3.24. The van der Waals surface area contributed by atoms with Crippen molar-refractivity contribution in [3.05, 3.63) is 70.0 Å². The number of thiazole rings is 1. The van der Waals surface area contributed by atoms with E-state index in [1.165, 1.54) is 24.0 Å². The van der Waals surface area contributed by atoms with Crippen LogP contribution in [0.2, 0.25) is 0 Å². The van der Waals surface area contributed by atoms with Gasteiger partial charge in [-0.25, -0.2) is 4.98 Å². The molecule has 0 radical (unpaired) electrons. The molecule has 4 rings (SSSR count). The van der Waals surface area contributed by atoms with E-state index in [0.717, 1.165) is 22.1 Å². The highest BCUT2D eigenvalue weighted by Crippen LogP contribution is 2.41. The monoisotopic (exact) mass is 365 g/mol. The molecule has 1 amide bonds. The van der Waals surface area contributed by atoms with Crippen molar-refractivity contribution in [3.8, 4) is 5.13 Å². The van der Waals surface area contributed by atoms with Crippen molar-refractivity contribution in [1.82, 2.24) is 14.9 Å². The van der Waals surface area contributed by atoms with Gasteiger partial charge in [-0.1, -0.05) is 29.8 Å². The van der Waals surface area contributed by atoms with Gasteiger partial charge < -0.3 is 5.32 Å². The maximum Gasteiger partial charge on any atom is 0.253 e. The molecule has 0 bridgehead atoms. The Balaban J connectivity index is 1.61. The highest BCUT2D eigenvalue weighted by atomic mass is 32.1. The van der Waals surface area contributed by atoms with Crippen LogP contribution in [0.4, 0.5) is 0 Å². The van der Waals surface area contributed by atoms with Gasteiger partial charge in [-0.3, -0.25) is 9.36 Å².